The van der Waals surface area contributed by atoms with E-state index in [9.17, 15) is 87.4 Å². The molecule has 0 N–H and O–H groups in total. The van der Waals surface area contributed by atoms with Crippen LogP contribution in [0.4, 0.5) is 79.0 Å². The monoisotopic (exact) mass is 532 g/mol. The highest BCUT2D eigenvalue weighted by molar-refractivity contribution is 7.87. The van der Waals surface area contributed by atoms with E-state index >= 15 is 0 Å². The number of rotatable bonds is 9. The van der Waals surface area contributed by atoms with E-state index < -0.39 is 63.9 Å². The van der Waals surface area contributed by atoms with Gasteiger partial charge in [0.25, 0.3) is 0 Å². The highest BCUT2D eigenvalue weighted by Gasteiger charge is 2.93. The van der Waals surface area contributed by atoms with Crippen LogP contribution in [0.1, 0.15) is 0 Å². The summed E-state index contributed by atoms with van der Waals surface area (Å²) in [4.78, 5) is 0. The Morgan fingerprint density at radius 1 is 0.516 bits per heavy atom. The standard InChI is InChI=1S/C9H2F18O3S/c10-1-2(11,12)3(13,14)4(15,16)5(17,18)6(19,20)7(21,22)8(23,24)30-31(28,29)9(25,26)27/h1H2. The minimum atomic E-state index is -8.73. The Labute approximate surface area is 157 Å². The summed E-state index contributed by atoms with van der Waals surface area (Å²) in [5.74, 6) is -49.5. The third-order valence-electron chi connectivity index (χ3n) is 3.07. The van der Waals surface area contributed by atoms with Gasteiger partial charge in [-0.2, -0.15) is 87.2 Å². The molecule has 22 heteroatoms. The van der Waals surface area contributed by atoms with Crippen LogP contribution in [-0.2, 0) is 14.3 Å². The molecule has 188 valence electrons. The second-order valence-corrected chi connectivity index (χ2v) is 6.75. The molecule has 0 aliphatic carbocycles. The van der Waals surface area contributed by atoms with Gasteiger partial charge in [-0.1, -0.05) is 0 Å². The summed E-state index contributed by atoms with van der Waals surface area (Å²) in [6, 6.07) is 0. The van der Waals surface area contributed by atoms with Crippen molar-refractivity contribution in [3.63, 3.8) is 0 Å². The molecule has 0 aromatic rings. The zero-order valence-electron chi connectivity index (χ0n) is 13.1. The van der Waals surface area contributed by atoms with Crippen LogP contribution in [0.15, 0.2) is 0 Å². The molecule has 0 spiro atoms. The number of halogens is 18. The quantitative estimate of drug-likeness (QED) is 0.232. The first kappa shape index (κ1) is 29.7. The van der Waals surface area contributed by atoms with Gasteiger partial charge in [0.2, 0.25) is 0 Å². The maximum absolute atomic E-state index is 13.2. The van der Waals surface area contributed by atoms with E-state index in [0.717, 1.165) is 0 Å². The fourth-order valence-electron chi connectivity index (χ4n) is 1.33. The highest BCUT2D eigenvalue weighted by Crippen LogP contribution is 2.62. The Kier molecular flexibility index (Phi) is 7.01. The van der Waals surface area contributed by atoms with Crippen LogP contribution >= 0.6 is 0 Å². The average molecular weight is 532 g/mol. The predicted molar refractivity (Wildman–Crippen MR) is 56.7 cm³/mol. The van der Waals surface area contributed by atoms with Gasteiger partial charge >= 0.3 is 57.3 Å². The second-order valence-electron chi connectivity index (χ2n) is 5.21. The molecule has 0 atom stereocenters. The van der Waals surface area contributed by atoms with Gasteiger partial charge in [-0.3, -0.25) is 0 Å². The Bertz CT molecular complexity index is 765. The first-order chi connectivity index (χ1) is 13.0. The topological polar surface area (TPSA) is 43.4 Å². The lowest BCUT2D eigenvalue weighted by molar-refractivity contribution is -0.457. The van der Waals surface area contributed by atoms with Crippen molar-refractivity contribution in [2.24, 2.45) is 0 Å². The third kappa shape index (κ3) is 4.08. The molecule has 0 aliphatic heterocycles. The Balaban J connectivity index is 6.68. The largest absolute Gasteiger partial charge is 0.523 e. The SMILES string of the molecule is O=S(=O)(OC(F)(F)C(F)(F)C(F)(F)C(F)(F)C(F)(F)C(F)(F)C(F)(F)CF)C(F)(F)F. The summed E-state index contributed by atoms with van der Waals surface area (Å²) in [5.41, 5.74) is -7.12. The Morgan fingerprint density at radius 3 is 1.10 bits per heavy atom. The van der Waals surface area contributed by atoms with Gasteiger partial charge in [0.15, 0.2) is 6.67 Å². The van der Waals surface area contributed by atoms with Crippen LogP contribution in [0.5, 0.6) is 0 Å². The Hall–Kier alpha value is -1.35. The zero-order chi connectivity index (χ0) is 25.9. The first-order valence-corrected chi connectivity index (χ1v) is 7.65. The van der Waals surface area contributed by atoms with Crippen molar-refractivity contribution in [1.82, 2.24) is 0 Å². The second kappa shape index (κ2) is 7.33. The van der Waals surface area contributed by atoms with Crippen molar-refractivity contribution < 1.29 is 91.6 Å². The third-order valence-corrected chi connectivity index (χ3v) is 4.06. The maximum atomic E-state index is 13.2. The van der Waals surface area contributed by atoms with E-state index in [0.29, 0.717) is 0 Å². The summed E-state index contributed by atoms with van der Waals surface area (Å²) in [7, 11) is -8.05. The van der Waals surface area contributed by atoms with Crippen molar-refractivity contribution in [1.29, 1.82) is 0 Å². The molecule has 0 saturated heterocycles. The van der Waals surface area contributed by atoms with Crippen LogP contribution in [0.25, 0.3) is 0 Å². The maximum Gasteiger partial charge on any atom is 0.523 e. The van der Waals surface area contributed by atoms with Gasteiger partial charge in [-0.05, 0) is 0 Å². The lowest BCUT2D eigenvalue weighted by Gasteiger charge is -2.41. The van der Waals surface area contributed by atoms with Gasteiger partial charge in [-0.15, -0.1) is 0 Å². The molecule has 0 rings (SSSR count). The van der Waals surface area contributed by atoms with E-state index in [4.69, 9.17) is 0 Å². The lowest BCUT2D eigenvalue weighted by atomic mass is 9.91. The molecule has 31 heavy (non-hydrogen) atoms. The molecule has 0 fully saturated rings. The lowest BCUT2D eigenvalue weighted by Crippen LogP contribution is -2.73. The molecule has 0 aromatic heterocycles. The predicted octanol–water partition coefficient (Wildman–Crippen LogP) is 5.23. The van der Waals surface area contributed by atoms with E-state index in [2.05, 4.69) is 0 Å². The summed E-state index contributed by atoms with van der Waals surface area (Å²) >= 11 is 0. The molecule has 3 nitrogen and oxygen atoms in total. The highest BCUT2D eigenvalue weighted by atomic mass is 32.2. The van der Waals surface area contributed by atoms with Crippen LogP contribution < -0.4 is 0 Å². The summed E-state index contributed by atoms with van der Waals surface area (Å²) in [5, 5.41) is 0. The van der Waals surface area contributed by atoms with Gasteiger partial charge < -0.3 is 0 Å². The molecule has 0 aliphatic rings. The summed E-state index contributed by atoms with van der Waals surface area (Å²) in [6.45, 7) is -4.00. The van der Waals surface area contributed by atoms with Crippen molar-refractivity contribution in [3.05, 3.63) is 0 Å². The van der Waals surface area contributed by atoms with Crippen molar-refractivity contribution in [3.8, 4) is 0 Å². The average Bonchev–Trinajstić information content (AvgIpc) is 2.51. The van der Waals surface area contributed by atoms with Gasteiger partial charge in [0.05, 0.1) is 0 Å². The van der Waals surface area contributed by atoms with E-state index in [1.807, 2.05) is 0 Å². The molecule has 0 amide bonds. The molecule has 0 heterocycles. The minimum absolute atomic E-state index is 1.33. The number of hydrogen-bond acceptors (Lipinski definition) is 3. The van der Waals surface area contributed by atoms with Crippen molar-refractivity contribution in [2.45, 2.75) is 47.2 Å². The van der Waals surface area contributed by atoms with Crippen LogP contribution in [0.2, 0.25) is 0 Å². The molecule has 0 unspecified atom stereocenters. The number of alkyl halides is 18. The van der Waals surface area contributed by atoms with Crippen LogP contribution in [0.3, 0.4) is 0 Å². The molecule has 0 radical (unpaired) electrons. The molecule has 0 aromatic carbocycles. The smallest absolute Gasteiger partial charge is 0.244 e. The minimum Gasteiger partial charge on any atom is -0.244 e. The Morgan fingerprint density at radius 2 is 0.806 bits per heavy atom. The van der Waals surface area contributed by atoms with Gasteiger partial charge in [0, 0.05) is 0 Å². The number of hydrogen-bond donors (Lipinski definition) is 0. The molecular weight excluding hydrogens is 530 g/mol. The van der Waals surface area contributed by atoms with Crippen molar-refractivity contribution in [2.75, 3.05) is 6.67 Å². The zero-order valence-corrected chi connectivity index (χ0v) is 14.0. The first-order valence-electron chi connectivity index (χ1n) is 6.24. The normalized spacial score (nSPS) is 16.6. The van der Waals surface area contributed by atoms with Gasteiger partial charge in [-0.25, -0.2) is 4.39 Å². The molecular formula is C9H2F18O3S. The summed E-state index contributed by atoms with van der Waals surface area (Å²) in [6.07, 6.45) is -8.01. The molecule has 0 bridgehead atoms. The fourth-order valence-corrected chi connectivity index (χ4v) is 1.80. The fraction of sp³-hybridized carbons (Fsp3) is 1.00. The van der Waals surface area contributed by atoms with Gasteiger partial charge in [0.1, 0.15) is 0 Å². The van der Waals surface area contributed by atoms with Crippen LogP contribution in [-0.4, -0.2) is 62.2 Å². The van der Waals surface area contributed by atoms with Crippen LogP contribution in [0, 0.1) is 0 Å². The van der Waals surface area contributed by atoms with E-state index in [-0.39, 0.29) is 0 Å². The molecule has 0 saturated carbocycles. The summed E-state index contributed by atoms with van der Waals surface area (Å²) < 4.78 is 251. The van der Waals surface area contributed by atoms with Crippen molar-refractivity contribution >= 4 is 10.1 Å². The van der Waals surface area contributed by atoms with E-state index in [1.54, 1.807) is 0 Å². The van der Waals surface area contributed by atoms with E-state index in [1.165, 1.54) is 4.18 Å².